The van der Waals surface area contributed by atoms with Crippen molar-refractivity contribution in [3.63, 3.8) is 0 Å². The predicted octanol–water partition coefficient (Wildman–Crippen LogP) is 2.38. The standard InChI is InChI=1S/C20H19N3O6S/c1-11-4-5-13(19(25)26)10-16(11)21-17(24)12(2)30-18-20(27)29-22-23(18)14-6-8-15(28-3)9-7-14/h4-10,12H,1-3H3,(H2-,21,22,24,25,26,27)/p+1. The zero-order chi connectivity index (χ0) is 21.8. The van der Waals surface area contributed by atoms with Crippen molar-refractivity contribution in [2.75, 3.05) is 12.4 Å². The second-order valence-corrected chi connectivity index (χ2v) is 7.73. The number of aromatic nitrogens is 2. The van der Waals surface area contributed by atoms with E-state index in [9.17, 15) is 14.4 Å². The van der Waals surface area contributed by atoms with Crippen LogP contribution < -0.4 is 20.4 Å². The summed E-state index contributed by atoms with van der Waals surface area (Å²) in [5.41, 5.74) is 1.21. The van der Waals surface area contributed by atoms with Crippen molar-refractivity contribution in [1.29, 1.82) is 0 Å². The summed E-state index contributed by atoms with van der Waals surface area (Å²) in [4.78, 5) is 36.0. The molecular weight excluding hydrogens is 410 g/mol. The highest BCUT2D eigenvalue weighted by Gasteiger charge is 2.29. The number of nitrogens with one attached hydrogen (secondary N) is 2. The van der Waals surface area contributed by atoms with Gasteiger partial charge >= 0.3 is 16.6 Å². The van der Waals surface area contributed by atoms with Crippen molar-refractivity contribution in [2.24, 2.45) is 0 Å². The number of carboxylic acid groups (broad SMARTS) is 1. The molecule has 1 aromatic heterocycles. The maximum atomic E-state index is 12.7. The SMILES string of the molecule is COc1ccc(-[n+]2[nH]oc(=O)c2SC(C)C(=O)Nc2cc(C(=O)O)ccc2C)cc1. The monoisotopic (exact) mass is 430 g/mol. The molecule has 0 aliphatic heterocycles. The smallest absolute Gasteiger partial charge is 0.442 e. The summed E-state index contributed by atoms with van der Waals surface area (Å²) in [5.74, 6) is -0.808. The molecular formula is C20H20N3O6S+. The van der Waals surface area contributed by atoms with Crippen LogP contribution in [0.4, 0.5) is 5.69 Å². The van der Waals surface area contributed by atoms with Gasteiger partial charge < -0.3 is 15.2 Å². The van der Waals surface area contributed by atoms with Gasteiger partial charge in [-0.15, -0.1) is 0 Å². The number of nitrogens with zero attached hydrogens (tertiary/aromatic N) is 1. The van der Waals surface area contributed by atoms with Gasteiger partial charge in [0, 0.05) is 17.8 Å². The Labute approximate surface area is 175 Å². The van der Waals surface area contributed by atoms with E-state index in [1.165, 1.54) is 16.8 Å². The maximum absolute atomic E-state index is 12.7. The fraction of sp³-hybridized carbons (Fsp3) is 0.200. The van der Waals surface area contributed by atoms with Gasteiger partial charge in [0.15, 0.2) is 0 Å². The van der Waals surface area contributed by atoms with Gasteiger partial charge in [-0.3, -0.25) is 9.32 Å². The Bertz CT molecular complexity index is 1140. The van der Waals surface area contributed by atoms with E-state index in [1.54, 1.807) is 51.3 Å². The Balaban J connectivity index is 1.79. The normalized spacial score (nSPS) is 11.7. The van der Waals surface area contributed by atoms with Gasteiger partial charge in [0.1, 0.15) is 5.75 Å². The average molecular weight is 430 g/mol. The number of carboxylic acids is 1. The maximum Gasteiger partial charge on any atom is 0.442 e. The first-order valence-corrected chi connectivity index (χ1v) is 9.77. The molecule has 1 atom stereocenters. The third-order valence-corrected chi connectivity index (χ3v) is 5.48. The van der Waals surface area contributed by atoms with E-state index >= 15 is 0 Å². The largest absolute Gasteiger partial charge is 0.497 e. The molecule has 3 N–H and O–H groups in total. The van der Waals surface area contributed by atoms with Gasteiger partial charge in [0.25, 0.3) is 0 Å². The van der Waals surface area contributed by atoms with Crippen LogP contribution >= 0.6 is 11.8 Å². The Morgan fingerprint density at radius 3 is 2.57 bits per heavy atom. The molecule has 0 saturated heterocycles. The molecule has 0 bridgehead atoms. The molecule has 1 amide bonds. The number of methoxy groups -OCH3 is 1. The number of thioether (sulfide) groups is 1. The Hall–Kier alpha value is -3.53. The molecule has 0 fully saturated rings. The summed E-state index contributed by atoms with van der Waals surface area (Å²) in [5, 5.41) is 13.9. The van der Waals surface area contributed by atoms with E-state index < -0.39 is 16.8 Å². The molecule has 0 spiro atoms. The number of ether oxygens (including phenoxy) is 1. The Morgan fingerprint density at radius 2 is 1.93 bits per heavy atom. The highest BCUT2D eigenvalue weighted by molar-refractivity contribution is 8.00. The number of anilines is 1. The Morgan fingerprint density at radius 1 is 1.23 bits per heavy atom. The first kappa shape index (κ1) is 21.2. The highest BCUT2D eigenvalue weighted by atomic mass is 32.2. The van der Waals surface area contributed by atoms with Crippen molar-refractivity contribution in [1.82, 2.24) is 5.27 Å². The second-order valence-electron chi connectivity index (χ2n) is 6.40. The predicted molar refractivity (Wildman–Crippen MR) is 109 cm³/mol. The fourth-order valence-electron chi connectivity index (χ4n) is 2.61. The number of aryl methyl sites for hydroxylation is 1. The van der Waals surface area contributed by atoms with E-state index in [4.69, 9.17) is 14.4 Å². The lowest BCUT2D eigenvalue weighted by molar-refractivity contribution is -0.704. The quantitative estimate of drug-likeness (QED) is 0.388. The minimum absolute atomic E-state index is 0.0693. The van der Waals surface area contributed by atoms with Crippen LogP contribution in [0, 0.1) is 6.92 Å². The van der Waals surface area contributed by atoms with Crippen LogP contribution in [0.25, 0.3) is 5.69 Å². The van der Waals surface area contributed by atoms with Crippen LogP contribution in [0.2, 0.25) is 0 Å². The van der Waals surface area contributed by atoms with E-state index in [1.807, 2.05) is 0 Å². The molecule has 0 saturated carbocycles. The topological polar surface area (TPSA) is 126 Å². The van der Waals surface area contributed by atoms with Crippen molar-refractivity contribution < 1.29 is 28.6 Å². The van der Waals surface area contributed by atoms with Gasteiger partial charge in [-0.25, -0.2) is 9.59 Å². The van der Waals surface area contributed by atoms with Crippen molar-refractivity contribution in [3.05, 3.63) is 64.0 Å². The number of aromatic carboxylic acids is 1. The van der Waals surface area contributed by atoms with Crippen LogP contribution in [-0.4, -0.2) is 34.6 Å². The second kappa shape index (κ2) is 8.87. The summed E-state index contributed by atoms with van der Waals surface area (Å²) < 4.78 is 11.5. The molecule has 0 aliphatic rings. The van der Waals surface area contributed by atoms with Gasteiger partial charge in [-0.05, 0) is 65.4 Å². The third-order valence-electron chi connectivity index (χ3n) is 4.34. The number of amides is 1. The van der Waals surface area contributed by atoms with E-state index in [-0.39, 0.29) is 16.5 Å². The number of aromatic amines is 1. The van der Waals surface area contributed by atoms with Crippen molar-refractivity contribution in [3.8, 4) is 11.4 Å². The third kappa shape index (κ3) is 4.54. The molecule has 30 heavy (non-hydrogen) atoms. The van der Waals surface area contributed by atoms with Gasteiger partial charge in [-0.1, -0.05) is 6.07 Å². The van der Waals surface area contributed by atoms with E-state index in [0.29, 0.717) is 17.1 Å². The average Bonchev–Trinajstić information content (AvgIpc) is 3.09. The van der Waals surface area contributed by atoms with Gasteiger partial charge in [-0.2, -0.15) is 0 Å². The number of carbonyl (C=O) groups excluding carboxylic acids is 1. The lowest BCUT2D eigenvalue weighted by Gasteiger charge is -2.12. The summed E-state index contributed by atoms with van der Waals surface area (Å²) in [7, 11) is 1.55. The molecule has 9 nitrogen and oxygen atoms in total. The number of rotatable bonds is 7. The molecule has 1 heterocycles. The van der Waals surface area contributed by atoms with E-state index in [2.05, 4.69) is 10.6 Å². The van der Waals surface area contributed by atoms with Gasteiger partial charge in [0.05, 0.1) is 17.9 Å². The lowest BCUT2D eigenvalue weighted by atomic mass is 10.1. The zero-order valence-corrected chi connectivity index (χ0v) is 17.3. The number of benzene rings is 2. The van der Waals surface area contributed by atoms with Crippen LogP contribution in [-0.2, 0) is 4.79 Å². The molecule has 10 heteroatoms. The van der Waals surface area contributed by atoms with Crippen LogP contribution in [0.1, 0.15) is 22.8 Å². The molecule has 2 aromatic carbocycles. The van der Waals surface area contributed by atoms with Gasteiger partial charge in [0.2, 0.25) is 11.6 Å². The van der Waals surface area contributed by atoms with Crippen LogP contribution in [0.15, 0.2) is 56.8 Å². The van der Waals surface area contributed by atoms with E-state index in [0.717, 1.165) is 17.3 Å². The fourth-order valence-corrected chi connectivity index (χ4v) is 3.50. The number of carbonyl (C=O) groups is 2. The highest BCUT2D eigenvalue weighted by Crippen LogP contribution is 2.22. The minimum Gasteiger partial charge on any atom is -0.497 e. The number of H-pyrrole nitrogens is 1. The summed E-state index contributed by atoms with van der Waals surface area (Å²) in [6, 6.07) is 11.4. The molecule has 0 aliphatic carbocycles. The first-order chi connectivity index (χ1) is 14.3. The summed E-state index contributed by atoms with van der Waals surface area (Å²) in [6.45, 7) is 3.40. The minimum atomic E-state index is -1.08. The van der Waals surface area contributed by atoms with Crippen molar-refractivity contribution >= 4 is 29.3 Å². The molecule has 1 unspecified atom stereocenters. The summed E-state index contributed by atoms with van der Waals surface area (Å²) >= 11 is 1.02. The first-order valence-electron chi connectivity index (χ1n) is 8.89. The number of hydrogen-bond donors (Lipinski definition) is 3. The van der Waals surface area contributed by atoms with Crippen molar-refractivity contribution in [2.45, 2.75) is 24.1 Å². The Kier molecular flexibility index (Phi) is 6.26. The molecule has 3 aromatic rings. The lowest BCUT2D eigenvalue weighted by Crippen LogP contribution is -2.37. The molecule has 156 valence electrons. The van der Waals surface area contributed by atoms with Crippen LogP contribution in [0.5, 0.6) is 5.75 Å². The zero-order valence-electron chi connectivity index (χ0n) is 16.5. The summed E-state index contributed by atoms with van der Waals surface area (Å²) in [6.07, 6.45) is 0. The molecule has 3 rings (SSSR count). The van der Waals surface area contributed by atoms with Crippen LogP contribution in [0.3, 0.4) is 0 Å². The molecule has 0 radical (unpaired) electrons. The number of hydrogen-bond acceptors (Lipinski definition) is 6.